The Morgan fingerprint density at radius 2 is 2.16 bits per heavy atom. The van der Waals surface area contributed by atoms with Crippen molar-refractivity contribution in [2.24, 2.45) is 5.92 Å². The van der Waals surface area contributed by atoms with Gasteiger partial charge in [0, 0.05) is 18.6 Å². The molecule has 1 heterocycles. The Kier molecular flexibility index (Phi) is 5.86. The molecule has 1 atom stereocenters. The first-order chi connectivity index (χ1) is 9.16. The fourth-order valence-corrected chi connectivity index (χ4v) is 3.17. The van der Waals surface area contributed by atoms with Gasteiger partial charge >= 0.3 is 0 Å². The number of hydrogen-bond acceptors (Lipinski definition) is 3. The van der Waals surface area contributed by atoms with Crippen LogP contribution in [0.1, 0.15) is 45.6 Å². The molecule has 1 aliphatic rings. The molecule has 1 aliphatic carbocycles. The molecule has 0 radical (unpaired) electrons. The van der Waals surface area contributed by atoms with Gasteiger partial charge < -0.3 is 5.32 Å². The minimum Gasteiger partial charge on any atom is -0.316 e. The van der Waals surface area contributed by atoms with Crippen molar-refractivity contribution < 1.29 is 0 Å². The Balaban J connectivity index is 1.75. The van der Waals surface area contributed by atoms with E-state index in [1.807, 2.05) is 11.3 Å². The lowest BCUT2D eigenvalue weighted by Gasteiger charge is -2.29. The molecule has 0 aliphatic heterocycles. The maximum absolute atomic E-state index is 3.56. The highest BCUT2D eigenvalue weighted by Gasteiger charge is 2.31. The maximum Gasteiger partial charge on any atom is 0.0247 e. The van der Waals surface area contributed by atoms with Crippen LogP contribution in [0.3, 0.4) is 0 Å². The summed E-state index contributed by atoms with van der Waals surface area (Å²) in [6.07, 6.45) is 4.05. The molecule has 1 saturated carbocycles. The van der Waals surface area contributed by atoms with E-state index in [9.17, 15) is 0 Å². The van der Waals surface area contributed by atoms with Crippen LogP contribution in [0.25, 0.3) is 0 Å². The van der Waals surface area contributed by atoms with E-state index < -0.39 is 0 Å². The first-order valence-corrected chi connectivity index (χ1v) is 8.58. The highest BCUT2D eigenvalue weighted by molar-refractivity contribution is 7.07. The second-order valence-corrected chi connectivity index (χ2v) is 7.05. The maximum atomic E-state index is 3.56. The summed E-state index contributed by atoms with van der Waals surface area (Å²) in [6, 6.07) is 3.80. The minimum absolute atomic E-state index is 0.687. The molecule has 1 fully saturated rings. The quantitative estimate of drug-likeness (QED) is 0.693. The third kappa shape index (κ3) is 5.25. The Bertz CT molecular complexity index is 344. The van der Waals surface area contributed by atoms with Crippen molar-refractivity contribution in [3.63, 3.8) is 0 Å². The van der Waals surface area contributed by atoms with Crippen molar-refractivity contribution >= 4 is 11.3 Å². The van der Waals surface area contributed by atoms with Crippen molar-refractivity contribution in [3.05, 3.63) is 22.4 Å². The van der Waals surface area contributed by atoms with Crippen LogP contribution in [0, 0.1) is 5.92 Å². The highest BCUT2D eigenvalue weighted by atomic mass is 32.1. The molecule has 0 spiro atoms. The first kappa shape index (κ1) is 15.0. The Labute approximate surface area is 122 Å². The lowest BCUT2D eigenvalue weighted by molar-refractivity contribution is 0.180. The van der Waals surface area contributed by atoms with Crippen LogP contribution in [0.15, 0.2) is 16.8 Å². The van der Waals surface area contributed by atoms with Crippen LogP contribution < -0.4 is 5.32 Å². The molecule has 1 unspecified atom stereocenters. The summed E-state index contributed by atoms with van der Waals surface area (Å²) in [5, 5.41) is 8.04. The van der Waals surface area contributed by atoms with Gasteiger partial charge in [-0.3, -0.25) is 4.90 Å². The molecular weight excluding hydrogens is 252 g/mol. The predicted molar refractivity (Wildman–Crippen MR) is 84.7 cm³/mol. The van der Waals surface area contributed by atoms with Gasteiger partial charge in [0.1, 0.15) is 0 Å². The Morgan fingerprint density at radius 3 is 2.74 bits per heavy atom. The topological polar surface area (TPSA) is 15.3 Å². The smallest absolute Gasteiger partial charge is 0.0247 e. The second kappa shape index (κ2) is 7.41. The molecule has 0 amide bonds. The summed E-state index contributed by atoms with van der Waals surface area (Å²) in [6.45, 7) is 10.3. The Morgan fingerprint density at radius 1 is 1.37 bits per heavy atom. The normalized spacial score (nSPS) is 17.3. The molecule has 19 heavy (non-hydrogen) atoms. The summed E-state index contributed by atoms with van der Waals surface area (Å²) in [5.74, 6) is 0.751. The van der Waals surface area contributed by atoms with Crippen LogP contribution >= 0.6 is 11.3 Å². The number of nitrogens with one attached hydrogen (secondary N) is 1. The summed E-state index contributed by atoms with van der Waals surface area (Å²) in [5.41, 5.74) is 1.49. The lowest BCUT2D eigenvalue weighted by Crippen LogP contribution is -2.37. The lowest BCUT2D eigenvalue weighted by atomic mass is 10.1. The third-order valence-electron chi connectivity index (χ3n) is 3.82. The molecule has 0 bridgehead atoms. The van der Waals surface area contributed by atoms with Gasteiger partial charge in [-0.05, 0) is 67.6 Å². The van der Waals surface area contributed by atoms with E-state index in [-0.39, 0.29) is 0 Å². The van der Waals surface area contributed by atoms with Gasteiger partial charge in [-0.25, -0.2) is 0 Å². The number of rotatable bonds is 9. The van der Waals surface area contributed by atoms with Gasteiger partial charge in [0.15, 0.2) is 0 Å². The number of thiophene rings is 1. The van der Waals surface area contributed by atoms with Crippen LogP contribution in [0.4, 0.5) is 0 Å². The van der Waals surface area contributed by atoms with Gasteiger partial charge in [0.25, 0.3) is 0 Å². The summed E-state index contributed by atoms with van der Waals surface area (Å²) >= 11 is 1.81. The largest absolute Gasteiger partial charge is 0.316 e. The van der Waals surface area contributed by atoms with Crippen molar-refractivity contribution in [2.75, 3.05) is 13.1 Å². The zero-order valence-electron chi connectivity index (χ0n) is 12.6. The predicted octanol–water partition coefficient (Wildman–Crippen LogP) is 3.74. The van der Waals surface area contributed by atoms with Gasteiger partial charge in [-0.2, -0.15) is 11.3 Å². The molecular formula is C16H28N2S. The molecule has 0 aromatic carbocycles. The van der Waals surface area contributed by atoms with E-state index in [4.69, 9.17) is 0 Å². The van der Waals surface area contributed by atoms with E-state index in [0.717, 1.165) is 31.6 Å². The summed E-state index contributed by atoms with van der Waals surface area (Å²) in [4.78, 5) is 2.71. The fourth-order valence-electron chi connectivity index (χ4n) is 2.51. The monoisotopic (exact) mass is 280 g/mol. The van der Waals surface area contributed by atoms with Gasteiger partial charge in [0.2, 0.25) is 0 Å². The number of nitrogens with zero attached hydrogens (tertiary/aromatic N) is 1. The standard InChI is InChI=1S/C16H28N2S/c1-13(2)10-17-8-6-14(3)18(16-4-5-16)11-15-7-9-19-12-15/h7,9,12-14,16-17H,4-6,8,10-11H2,1-3H3. The fraction of sp³-hybridized carbons (Fsp3) is 0.750. The van der Waals surface area contributed by atoms with E-state index in [0.29, 0.717) is 6.04 Å². The molecule has 2 rings (SSSR count). The molecule has 1 N–H and O–H groups in total. The van der Waals surface area contributed by atoms with Crippen LogP contribution in [0.2, 0.25) is 0 Å². The van der Waals surface area contributed by atoms with Gasteiger partial charge in [-0.15, -0.1) is 0 Å². The first-order valence-electron chi connectivity index (χ1n) is 7.64. The van der Waals surface area contributed by atoms with Crippen molar-refractivity contribution in [3.8, 4) is 0 Å². The molecule has 3 heteroatoms. The number of hydrogen-bond donors (Lipinski definition) is 1. The van der Waals surface area contributed by atoms with Crippen molar-refractivity contribution in [2.45, 2.75) is 58.7 Å². The summed E-state index contributed by atoms with van der Waals surface area (Å²) < 4.78 is 0. The van der Waals surface area contributed by atoms with E-state index in [1.165, 1.54) is 24.8 Å². The van der Waals surface area contributed by atoms with E-state index in [1.54, 1.807) is 0 Å². The molecule has 1 aromatic heterocycles. The average molecular weight is 280 g/mol. The zero-order valence-corrected chi connectivity index (χ0v) is 13.4. The van der Waals surface area contributed by atoms with Gasteiger partial charge in [-0.1, -0.05) is 13.8 Å². The molecule has 2 nitrogen and oxygen atoms in total. The molecule has 108 valence electrons. The van der Waals surface area contributed by atoms with Crippen LogP contribution in [0.5, 0.6) is 0 Å². The van der Waals surface area contributed by atoms with E-state index in [2.05, 4.69) is 47.8 Å². The minimum atomic E-state index is 0.687. The van der Waals surface area contributed by atoms with Crippen LogP contribution in [-0.4, -0.2) is 30.1 Å². The molecule has 1 aromatic rings. The zero-order chi connectivity index (χ0) is 13.7. The average Bonchev–Trinajstić information content (AvgIpc) is 3.08. The Hall–Kier alpha value is -0.380. The van der Waals surface area contributed by atoms with Crippen molar-refractivity contribution in [1.29, 1.82) is 0 Å². The third-order valence-corrected chi connectivity index (χ3v) is 4.55. The SMILES string of the molecule is CC(C)CNCCC(C)N(Cc1ccsc1)C1CC1. The van der Waals surface area contributed by atoms with E-state index >= 15 is 0 Å². The molecule has 0 saturated heterocycles. The second-order valence-electron chi connectivity index (χ2n) is 6.27. The highest BCUT2D eigenvalue weighted by Crippen LogP contribution is 2.31. The summed E-state index contributed by atoms with van der Waals surface area (Å²) in [7, 11) is 0. The van der Waals surface area contributed by atoms with Crippen molar-refractivity contribution in [1.82, 2.24) is 10.2 Å². The van der Waals surface area contributed by atoms with Crippen LogP contribution in [-0.2, 0) is 6.54 Å². The van der Waals surface area contributed by atoms with Gasteiger partial charge in [0.05, 0.1) is 0 Å².